The summed E-state index contributed by atoms with van der Waals surface area (Å²) in [6.45, 7) is 1.47. The molecule has 0 fully saturated rings. The number of methoxy groups -OCH3 is 1. The predicted molar refractivity (Wildman–Crippen MR) is 66.5 cm³/mol. The zero-order valence-electron chi connectivity index (χ0n) is 10.2. The van der Waals surface area contributed by atoms with Crippen molar-refractivity contribution >= 4 is 16.8 Å². The van der Waals surface area contributed by atoms with E-state index in [-0.39, 0.29) is 22.8 Å². The number of hydrogen-bond acceptors (Lipinski definition) is 3. The van der Waals surface area contributed by atoms with Gasteiger partial charge in [-0.2, -0.15) is 0 Å². The molecule has 0 saturated heterocycles. The third-order valence-electron chi connectivity index (χ3n) is 2.44. The van der Waals surface area contributed by atoms with Crippen LogP contribution in [-0.4, -0.2) is 28.1 Å². The molecule has 0 aliphatic carbocycles. The van der Waals surface area contributed by atoms with Crippen molar-refractivity contribution in [3.05, 3.63) is 29.6 Å². The summed E-state index contributed by atoms with van der Waals surface area (Å²) in [4.78, 5) is 10.6. The van der Waals surface area contributed by atoms with Crippen LogP contribution in [0.4, 0.5) is 4.39 Å². The van der Waals surface area contributed by atoms with E-state index in [1.807, 2.05) is 0 Å². The van der Waals surface area contributed by atoms with E-state index >= 15 is 0 Å². The molecular formula is C12H15FO4S. The molecule has 2 unspecified atom stereocenters. The van der Waals surface area contributed by atoms with E-state index in [1.54, 1.807) is 6.07 Å². The summed E-state index contributed by atoms with van der Waals surface area (Å²) >= 11 is 0. The van der Waals surface area contributed by atoms with Gasteiger partial charge in [-0.05, 0) is 6.07 Å². The highest BCUT2D eigenvalue weighted by atomic mass is 32.2. The average Bonchev–Trinajstić information content (AvgIpc) is 2.31. The summed E-state index contributed by atoms with van der Waals surface area (Å²) in [5, 5.41) is 8.71. The lowest BCUT2D eigenvalue weighted by Gasteiger charge is -2.09. The topological polar surface area (TPSA) is 63.6 Å². The van der Waals surface area contributed by atoms with E-state index in [4.69, 9.17) is 9.84 Å². The molecule has 0 radical (unpaired) electrons. The Hall–Kier alpha value is -1.43. The number of carboxylic acid groups (broad SMARTS) is 1. The van der Waals surface area contributed by atoms with Gasteiger partial charge in [0.1, 0.15) is 0 Å². The zero-order valence-corrected chi connectivity index (χ0v) is 11.0. The molecule has 4 nitrogen and oxygen atoms in total. The highest BCUT2D eigenvalue weighted by Crippen LogP contribution is 2.21. The number of ether oxygens (including phenoxy) is 1. The molecule has 0 saturated carbocycles. The second kappa shape index (κ2) is 6.49. The Morgan fingerprint density at radius 3 is 2.78 bits per heavy atom. The summed E-state index contributed by atoms with van der Waals surface area (Å²) in [7, 11) is -0.0658. The van der Waals surface area contributed by atoms with Gasteiger partial charge in [-0.25, -0.2) is 4.39 Å². The molecule has 1 N–H and O–H groups in total. The van der Waals surface area contributed by atoms with E-state index in [9.17, 15) is 13.4 Å². The average molecular weight is 274 g/mol. The Bertz CT molecular complexity index is 461. The SMILES string of the molecule is COc1cccc(CS(=O)CC(C)C(=O)O)c1F. The number of carbonyl (C=O) groups is 1. The van der Waals surface area contributed by atoms with Crippen LogP contribution in [0.5, 0.6) is 5.75 Å². The first-order chi connectivity index (χ1) is 8.45. The van der Waals surface area contributed by atoms with E-state index in [2.05, 4.69) is 0 Å². The quantitative estimate of drug-likeness (QED) is 0.859. The van der Waals surface area contributed by atoms with Gasteiger partial charge in [0, 0.05) is 22.1 Å². The molecule has 0 aliphatic rings. The van der Waals surface area contributed by atoms with Gasteiger partial charge in [0.05, 0.1) is 18.8 Å². The summed E-state index contributed by atoms with van der Waals surface area (Å²) in [5.74, 6) is -2.17. The fourth-order valence-corrected chi connectivity index (χ4v) is 2.80. The number of halogens is 1. The first kappa shape index (κ1) is 14.6. The van der Waals surface area contributed by atoms with Crippen LogP contribution in [0.3, 0.4) is 0 Å². The molecule has 0 spiro atoms. The Kier molecular flexibility index (Phi) is 5.27. The Morgan fingerprint density at radius 1 is 1.56 bits per heavy atom. The number of benzene rings is 1. The second-order valence-corrected chi connectivity index (χ2v) is 5.43. The van der Waals surface area contributed by atoms with Crippen molar-refractivity contribution in [2.24, 2.45) is 5.92 Å². The highest BCUT2D eigenvalue weighted by Gasteiger charge is 2.17. The van der Waals surface area contributed by atoms with Crippen molar-refractivity contribution in [3.63, 3.8) is 0 Å². The fourth-order valence-electron chi connectivity index (χ4n) is 1.41. The van der Waals surface area contributed by atoms with Crippen LogP contribution in [0.1, 0.15) is 12.5 Å². The number of rotatable bonds is 6. The van der Waals surface area contributed by atoms with Gasteiger partial charge in [0.25, 0.3) is 0 Å². The maximum atomic E-state index is 13.8. The van der Waals surface area contributed by atoms with Gasteiger partial charge in [-0.1, -0.05) is 19.1 Å². The zero-order chi connectivity index (χ0) is 13.7. The van der Waals surface area contributed by atoms with Crippen LogP contribution < -0.4 is 4.74 Å². The van der Waals surface area contributed by atoms with Crippen molar-refractivity contribution < 1.29 is 23.2 Å². The third-order valence-corrected chi connectivity index (χ3v) is 3.94. The minimum atomic E-state index is -1.42. The summed E-state index contributed by atoms with van der Waals surface area (Å²) in [6, 6.07) is 4.60. The first-order valence-corrected chi connectivity index (χ1v) is 6.83. The molecule has 1 aromatic rings. The van der Waals surface area contributed by atoms with E-state index in [1.165, 1.54) is 26.2 Å². The molecule has 0 aromatic heterocycles. The molecular weight excluding hydrogens is 259 g/mol. The second-order valence-electron chi connectivity index (χ2n) is 3.92. The van der Waals surface area contributed by atoms with Crippen molar-refractivity contribution in [2.75, 3.05) is 12.9 Å². The van der Waals surface area contributed by atoms with Gasteiger partial charge in [-0.3, -0.25) is 9.00 Å². The Labute approximate surface area is 107 Å². The van der Waals surface area contributed by atoms with Gasteiger partial charge in [-0.15, -0.1) is 0 Å². The Morgan fingerprint density at radius 2 is 2.22 bits per heavy atom. The normalized spacial score (nSPS) is 13.9. The van der Waals surface area contributed by atoms with Crippen LogP contribution >= 0.6 is 0 Å². The Balaban J connectivity index is 2.73. The number of hydrogen-bond donors (Lipinski definition) is 1. The standard InChI is InChI=1S/C12H15FO4S/c1-8(12(14)15)6-18(16)7-9-4-3-5-10(17-2)11(9)13/h3-5,8H,6-7H2,1-2H3,(H,14,15). The van der Waals surface area contributed by atoms with E-state index in [0.29, 0.717) is 0 Å². The van der Waals surface area contributed by atoms with Crippen molar-refractivity contribution in [3.8, 4) is 5.75 Å². The molecule has 0 amide bonds. The summed E-state index contributed by atoms with van der Waals surface area (Å²) in [5.41, 5.74) is 0.269. The minimum absolute atomic E-state index is 0.00594. The van der Waals surface area contributed by atoms with Gasteiger partial charge < -0.3 is 9.84 Å². The molecule has 100 valence electrons. The van der Waals surface area contributed by atoms with Crippen LogP contribution in [0.15, 0.2) is 18.2 Å². The monoisotopic (exact) mass is 274 g/mol. The fraction of sp³-hybridized carbons (Fsp3) is 0.417. The molecule has 1 rings (SSSR count). The predicted octanol–water partition coefficient (Wildman–Crippen LogP) is 1.80. The first-order valence-electron chi connectivity index (χ1n) is 5.34. The number of aliphatic carboxylic acids is 1. The van der Waals surface area contributed by atoms with Crippen LogP contribution in [0.25, 0.3) is 0 Å². The lowest BCUT2D eigenvalue weighted by atomic mass is 10.2. The molecule has 0 heterocycles. The largest absolute Gasteiger partial charge is 0.494 e. The lowest BCUT2D eigenvalue weighted by Crippen LogP contribution is -2.18. The minimum Gasteiger partial charge on any atom is -0.494 e. The highest BCUT2D eigenvalue weighted by molar-refractivity contribution is 7.84. The van der Waals surface area contributed by atoms with Crippen LogP contribution in [0, 0.1) is 11.7 Å². The van der Waals surface area contributed by atoms with E-state index < -0.39 is 28.5 Å². The van der Waals surface area contributed by atoms with Crippen molar-refractivity contribution in [2.45, 2.75) is 12.7 Å². The summed E-state index contributed by atoms with van der Waals surface area (Å²) < 4.78 is 30.3. The maximum Gasteiger partial charge on any atom is 0.307 e. The maximum absolute atomic E-state index is 13.8. The summed E-state index contributed by atoms with van der Waals surface area (Å²) in [6.07, 6.45) is 0. The van der Waals surface area contributed by atoms with Gasteiger partial charge >= 0.3 is 5.97 Å². The van der Waals surface area contributed by atoms with Crippen molar-refractivity contribution in [1.29, 1.82) is 0 Å². The molecule has 0 bridgehead atoms. The lowest BCUT2D eigenvalue weighted by molar-refractivity contribution is -0.140. The van der Waals surface area contributed by atoms with Crippen LogP contribution in [0.2, 0.25) is 0 Å². The molecule has 0 aliphatic heterocycles. The van der Waals surface area contributed by atoms with Crippen LogP contribution in [-0.2, 0) is 21.3 Å². The van der Waals surface area contributed by atoms with Crippen molar-refractivity contribution in [1.82, 2.24) is 0 Å². The number of carboxylic acids is 1. The van der Waals surface area contributed by atoms with Gasteiger partial charge in [0.15, 0.2) is 11.6 Å². The van der Waals surface area contributed by atoms with E-state index in [0.717, 1.165) is 0 Å². The molecule has 2 atom stereocenters. The third kappa shape index (κ3) is 3.80. The molecule has 18 heavy (non-hydrogen) atoms. The van der Waals surface area contributed by atoms with Gasteiger partial charge in [0.2, 0.25) is 0 Å². The molecule has 1 aromatic carbocycles. The smallest absolute Gasteiger partial charge is 0.307 e. The molecule has 6 heteroatoms.